The molecule has 0 saturated carbocycles. The van der Waals surface area contributed by atoms with E-state index in [0.29, 0.717) is 16.7 Å². The molecule has 0 amide bonds. The van der Waals surface area contributed by atoms with Gasteiger partial charge >= 0.3 is 0 Å². The zero-order valence-electron chi connectivity index (χ0n) is 9.81. The number of aromatic nitrogens is 1. The topological polar surface area (TPSA) is 82.0 Å². The highest BCUT2D eigenvalue weighted by molar-refractivity contribution is 6.35. The van der Waals surface area contributed by atoms with Crippen LogP contribution in [0.2, 0.25) is 5.02 Å². The van der Waals surface area contributed by atoms with E-state index in [4.69, 9.17) is 17.3 Å². The molecule has 6 heteroatoms. The largest absolute Gasteiger partial charge is 0.383 e. The summed E-state index contributed by atoms with van der Waals surface area (Å²) in [4.78, 5) is 14.5. The minimum Gasteiger partial charge on any atom is -0.383 e. The zero-order chi connectivity index (χ0) is 13.3. The molecule has 0 fully saturated rings. The Morgan fingerprint density at radius 2 is 2.17 bits per heavy atom. The van der Waals surface area contributed by atoms with Gasteiger partial charge in [0.25, 0.3) is 5.69 Å². The third-order valence-electron chi connectivity index (χ3n) is 2.70. The summed E-state index contributed by atoms with van der Waals surface area (Å²) in [6.07, 6.45) is 1.72. The number of halogens is 1. The number of hydrogen-bond donors (Lipinski definition) is 1. The summed E-state index contributed by atoms with van der Waals surface area (Å²) in [5.41, 5.74) is 7.19. The van der Waals surface area contributed by atoms with Gasteiger partial charge in [-0.1, -0.05) is 24.9 Å². The number of aryl methyl sites for hydroxylation is 1. The lowest BCUT2D eigenvalue weighted by molar-refractivity contribution is -0.384. The van der Waals surface area contributed by atoms with E-state index < -0.39 is 4.92 Å². The highest BCUT2D eigenvalue weighted by Gasteiger charge is 2.13. The number of nitro benzene ring substituents is 1. The fourth-order valence-corrected chi connectivity index (χ4v) is 2.13. The predicted octanol–water partition coefficient (Wildman–Crippen LogP) is 3.33. The first-order valence-electron chi connectivity index (χ1n) is 5.56. The highest BCUT2D eigenvalue weighted by Crippen LogP contribution is 2.30. The number of nitrogens with zero attached hydrogens (tertiary/aromatic N) is 2. The molecular weight excluding hydrogens is 254 g/mol. The van der Waals surface area contributed by atoms with Gasteiger partial charge in [0.05, 0.1) is 15.5 Å². The monoisotopic (exact) mass is 265 g/mol. The summed E-state index contributed by atoms with van der Waals surface area (Å²) in [6, 6.07) is 4.57. The molecule has 1 aromatic carbocycles. The first kappa shape index (κ1) is 12.6. The van der Waals surface area contributed by atoms with Gasteiger partial charge in [0.2, 0.25) is 0 Å². The number of nitrogens with two attached hydrogens (primary N) is 1. The average molecular weight is 266 g/mol. The quantitative estimate of drug-likeness (QED) is 0.682. The number of rotatable bonds is 3. The van der Waals surface area contributed by atoms with Crippen LogP contribution in [0.3, 0.4) is 0 Å². The van der Waals surface area contributed by atoms with Gasteiger partial charge in [-0.05, 0) is 18.1 Å². The van der Waals surface area contributed by atoms with Crippen LogP contribution < -0.4 is 5.73 Å². The Labute approximate surface area is 109 Å². The molecule has 2 N–H and O–H groups in total. The smallest absolute Gasteiger partial charge is 0.271 e. The van der Waals surface area contributed by atoms with Gasteiger partial charge in [0.15, 0.2) is 0 Å². The van der Waals surface area contributed by atoms with Crippen molar-refractivity contribution in [3.63, 3.8) is 0 Å². The minimum atomic E-state index is -0.471. The van der Waals surface area contributed by atoms with Crippen LogP contribution in [0.5, 0.6) is 0 Å². The maximum absolute atomic E-state index is 10.8. The second kappa shape index (κ2) is 4.78. The van der Waals surface area contributed by atoms with E-state index >= 15 is 0 Å². The van der Waals surface area contributed by atoms with Crippen LogP contribution in [-0.2, 0) is 6.42 Å². The summed E-state index contributed by atoms with van der Waals surface area (Å²) in [7, 11) is 0. The lowest BCUT2D eigenvalue weighted by atomic mass is 10.1. The standard InChI is InChI=1S/C12H12ClN3O2/c1-2-3-7-4-8-5-9(16(17)18)6-10(13)11(8)15-12(7)14/h4-6H,2-3H2,1H3,(H2,14,15). The van der Waals surface area contributed by atoms with E-state index in [1.54, 1.807) is 0 Å². The number of fused-ring (bicyclic) bond motifs is 1. The van der Waals surface area contributed by atoms with E-state index in [2.05, 4.69) is 4.98 Å². The third-order valence-corrected chi connectivity index (χ3v) is 2.99. The Morgan fingerprint density at radius 3 is 2.78 bits per heavy atom. The Balaban J connectivity index is 2.69. The van der Waals surface area contributed by atoms with Crippen LogP contribution in [0.25, 0.3) is 10.9 Å². The number of nitrogen functional groups attached to an aromatic ring is 1. The average Bonchev–Trinajstić information content (AvgIpc) is 2.31. The summed E-state index contributed by atoms with van der Waals surface area (Å²) in [6.45, 7) is 2.03. The maximum Gasteiger partial charge on any atom is 0.271 e. The van der Waals surface area contributed by atoms with Crippen molar-refractivity contribution in [2.24, 2.45) is 0 Å². The molecule has 0 saturated heterocycles. The Hall–Kier alpha value is -1.88. The van der Waals surface area contributed by atoms with Gasteiger partial charge in [-0.2, -0.15) is 0 Å². The number of hydrogen-bond acceptors (Lipinski definition) is 4. The molecule has 0 radical (unpaired) electrons. The molecule has 2 rings (SSSR count). The highest BCUT2D eigenvalue weighted by atomic mass is 35.5. The zero-order valence-corrected chi connectivity index (χ0v) is 10.6. The van der Waals surface area contributed by atoms with Crippen molar-refractivity contribution in [3.8, 4) is 0 Å². The molecular formula is C12H12ClN3O2. The molecule has 1 heterocycles. The van der Waals surface area contributed by atoms with Crippen molar-refractivity contribution in [3.05, 3.63) is 38.9 Å². The van der Waals surface area contributed by atoms with E-state index in [1.807, 2.05) is 13.0 Å². The third kappa shape index (κ3) is 2.22. The Bertz CT molecular complexity index is 628. The molecule has 18 heavy (non-hydrogen) atoms. The molecule has 5 nitrogen and oxygen atoms in total. The first-order valence-corrected chi connectivity index (χ1v) is 5.93. The SMILES string of the molecule is CCCc1cc2cc([N+](=O)[O-])cc(Cl)c2nc1N. The predicted molar refractivity (Wildman–Crippen MR) is 71.8 cm³/mol. The second-order valence-corrected chi connectivity index (χ2v) is 4.45. The number of anilines is 1. The minimum absolute atomic E-state index is 0.0403. The van der Waals surface area contributed by atoms with Gasteiger partial charge in [0.1, 0.15) is 5.82 Å². The van der Waals surface area contributed by atoms with Crippen LogP contribution in [0.1, 0.15) is 18.9 Å². The Kier molecular flexibility index (Phi) is 3.34. The second-order valence-electron chi connectivity index (χ2n) is 4.04. The lowest BCUT2D eigenvalue weighted by Gasteiger charge is -2.07. The van der Waals surface area contributed by atoms with Crippen molar-refractivity contribution in [2.75, 3.05) is 5.73 Å². The van der Waals surface area contributed by atoms with E-state index in [-0.39, 0.29) is 10.7 Å². The van der Waals surface area contributed by atoms with E-state index in [0.717, 1.165) is 18.4 Å². The summed E-state index contributed by atoms with van der Waals surface area (Å²) in [5, 5.41) is 11.7. The van der Waals surface area contributed by atoms with Crippen LogP contribution in [0.15, 0.2) is 18.2 Å². The number of pyridine rings is 1. The molecule has 0 aliphatic carbocycles. The summed E-state index contributed by atoms with van der Waals surface area (Å²) < 4.78 is 0. The lowest BCUT2D eigenvalue weighted by Crippen LogP contribution is -1.99. The van der Waals surface area contributed by atoms with Crippen molar-refractivity contribution in [2.45, 2.75) is 19.8 Å². The van der Waals surface area contributed by atoms with Crippen LogP contribution in [0.4, 0.5) is 11.5 Å². The van der Waals surface area contributed by atoms with Crippen LogP contribution >= 0.6 is 11.6 Å². The van der Waals surface area contributed by atoms with E-state index in [1.165, 1.54) is 12.1 Å². The molecule has 0 bridgehead atoms. The molecule has 2 aromatic rings. The molecule has 0 atom stereocenters. The van der Waals surface area contributed by atoms with Crippen LogP contribution in [0, 0.1) is 10.1 Å². The maximum atomic E-state index is 10.8. The molecule has 0 aliphatic rings. The fourth-order valence-electron chi connectivity index (χ4n) is 1.86. The van der Waals surface area contributed by atoms with Crippen LogP contribution in [-0.4, -0.2) is 9.91 Å². The molecule has 0 spiro atoms. The molecule has 1 aromatic heterocycles. The van der Waals surface area contributed by atoms with Gasteiger partial charge in [-0.15, -0.1) is 0 Å². The first-order chi connectivity index (χ1) is 8.52. The van der Waals surface area contributed by atoms with E-state index in [9.17, 15) is 10.1 Å². The number of benzene rings is 1. The summed E-state index contributed by atoms with van der Waals surface area (Å²) >= 11 is 5.99. The number of non-ortho nitro benzene ring substituents is 1. The van der Waals surface area contributed by atoms with Gasteiger partial charge < -0.3 is 5.73 Å². The Morgan fingerprint density at radius 1 is 1.44 bits per heavy atom. The molecule has 94 valence electrons. The normalized spacial score (nSPS) is 10.8. The van der Waals surface area contributed by atoms with Gasteiger partial charge in [-0.25, -0.2) is 4.98 Å². The van der Waals surface area contributed by atoms with Crippen molar-refractivity contribution < 1.29 is 4.92 Å². The van der Waals surface area contributed by atoms with Crippen molar-refractivity contribution in [1.82, 2.24) is 4.98 Å². The van der Waals surface area contributed by atoms with Crippen molar-refractivity contribution in [1.29, 1.82) is 0 Å². The van der Waals surface area contributed by atoms with Gasteiger partial charge in [0, 0.05) is 17.5 Å². The number of nitro groups is 1. The summed E-state index contributed by atoms with van der Waals surface area (Å²) in [5.74, 6) is 0.431. The van der Waals surface area contributed by atoms with Gasteiger partial charge in [-0.3, -0.25) is 10.1 Å². The van der Waals surface area contributed by atoms with Crippen molar-refractivity contribution >= 4 is 34.0 Å². The molecule has 0 aliphatic heterocycles. The molecule has 0 unspecified atom stereocenters. The fraction of sp³-hybridized carbons (Fsp3) is 0.250.